The van der Waals surface area contributed by atoms with E-state index in [1.807, 2.05) is 35.0 Å². The van der Waals surface area contributed by atoms with Crippen LogP contribution in [0.25, 0.3) is 5.65 Å². The predicted molar refractivity (Wildman–Crippen MR) is 124 cm³/mol. The van der Waals surface area contributed by atoms with Crippen molar-refractivity contribution in [1.82, 2.24) is 14.6 Å². The number of hydrogen-bond donors (Lipinski definition) is 4. The molecule has 0 saturated heterocycles. The second kappa shape index (κ2) is 10.6. The highest BCUT2D eigenvalue weighted by molar-refractivity contribution is 5.76. The Morgan fingerprint density at radius 3 is 2.60 bits per heavy atom. The minimum atomic E-state index is 0.280. The third-order valence-electron chi connectivity index (χ3n) is 5.12. The fourth-order valence-corrected chi connectivity index (χ4v) is 3.40. The van der Waals surface area contributed by atoms with E-state index in [2.05, 4.69) is 41.7 Å². The molecule has 30 heavy (non-hydrogen) atoms. The lowest BCUT2D eigenvalue weighted by Crippen LogP contribution is -2.10. The van der Waals surface area contributed by atoms with Crippen molar-refractivity contribution < 1.29 is 0 Å². The molecule has 0 saturated carbocycles. The summed E-state index contributed by atoms with van der Waals surface area (Å²) in [5.74, 6) is 2.43. The van der Waals surface area contributed by atoms with Gasteiger partial charge in [0.1, 0.15) is 11.6 Å². The van der Waals surface area contributed by atoms with Crippen LogP contribution in [-0.4, -0.2) is 27.0 Å². The molecule has 0 aliphatic carbocycles. The van der Waals surface area contributed by atoms with Crippen LogP contribution in [0, 0.1) is 5.41 Å². The van der Waals surface area contributed by atoms with E-state index in [4.69, 9.17) is 16.1 Å². The van der Waals surface area contributed by atoms with Crippen molar-refractivity contribution >= 4 is 23.1 Å². The highest BCUT2D eigenvalue weighted by Crippen LogP contribution is 2.24. The molecule has 0 spiro atoms. The zero-order valence-corrected chi connectivity index (χ0v) is 18.0. The summed E-state index contributed by atoms with van der Waals surface area (Å²) in [4.78, 5) is 4.83. The van der Waals surface area contributed by atoms with Crippen LogP contribution < -0.4 is 16.4 Å². The summed E-state index contributed by atoms with van der Waals surface area (Å²) >= 11 is 0. The van der Waals surface area contributed by atoms with Gasteiger partial charge in [0.2, 0.25) is 0 Å². The maximum Gasteiger partial charge on any atom is 0.163 e. The quantitative estimate of drug-likeness (QED) is 0.197. The van der Waals surface area contributed by atoms with Gasteiger partial charge in [-0.25, -0.2) is 4.98 Å². The third-order valence-corrected chi connectivity index (χ3v) is 5.12. The summed E-state index contributed by atoms with van der Waals surface area (Å²) in [6, 6.07) is 12.4. The van der Waals surface area contributed by atoms with Crippen LogP contribution in [0.15, 0.2) is 42.6 Å². The van der Waals surface area contributed by atoms with Crippen LogP contribution in [0.2, 0.25) is 0 Å². The summed E-state index contributed by atoms with van der Waals surface area (Å²) in [5, 5.41) is 18.8. The van der Waals surface area contributed by atoms with Gasteiger partial charge in [0.15, 0.2) is 5.65 Å². The van der Waals surface area contributed by atoms with Gasteiger partial charge in [0.05, 0.1) is 12.0 Å². The first-order chi connectivity index (χ1) is 14.5. The Morgan fingerprint density at radius 2 is 1.87 bits per heavy atom. The van der Waals surface area contributed by atoms with E-state index in [-0.39, 0.29) is 5.84 Å². The number of hydrogen-bond acceptors (Lipinski definition) is 5. The standard InChI is InChI=1S/C23H33N7/c1-17(2)19-16-28-30-22(27-15-18-10-6-5-7-11-18)14-21(29-23(19)30)26-13-9-4-3-8-12-20(24)25/h5-7,10-11,14,16-17,27H,3-4,8-9,12-13,15H2,1-2H3,(H3,24,25)(H,26,29). The summed E-state index contributed by atoms with van der Waals surface area (Å²) < 4.78 is 1.89. The lowest BCUT2D eigenvalue weighted by molar-refractivity contribution is 0.666. The molecule has 0 fully saturated rings. The van der Waals surface area contributed by atoms with Crippen LogP contribution in [0.1, 0.15) is 63.0 Å². The zero-order chi connectivity index (χ0) is 21.3. The summed E-state index contributed by atoms with van der Waals surface area (Å²) in [6.07, 6.45) is 6.87. The van der Waals surface area contributed by atoms with Crippen LogP contribution in [0.5, 0.6) is 0 Å². The molecule has 7 heteroatoms. The van der Waals surface area contributed by atoms with Gasteiger partial charge in [0.25, 0.3) is 0 Å². The SMILES string of the molecule is CC(C)c1cnn2c(NCc3ccccc3)cc(NCCCCCCC(=N)N)nc12. The Bertz CT molecular complexity index is 947. The summed E-state index contributed by atoms with van der Waals surface area (Å²) in [5.41, 5.74) is 8.67. The van der Waals surface area contributed by atoms with Gasteiger partial charge < -0.3 is 16.4 Å². The van der Waals surface area contributed by atoms with Gasteiger partial charge >= 0.3 is 0 Å². The fraction of sp³-hybridized carbons (Fsp3) is 0.435. The molecule has 0 amide bonds. The molecule has 160 valence electrons. The molecular weight excluding hydrogens is 374 g/mol. The minimum Gasteiger partial charge on any atom is -0.388 e. The molecule has 0 atom stereocenters. The number of unbranched alkanes of at least 4 members (excludes halogenated alkanes) is 3. The Labute approximate surface area is 178 Å². The lowest BCUT2D eigenvalue weighted by Gasteiger charge is -2.13. The van der Waals surface area contributed by atoms with Crippen molar-refractivity contribution in [2.45, 2.75) is 58.4 Å². The van der Waals surface area contributed by atoms with Crippen LogP contribution in [0.4, 0.5) is 11.6 Å². The van der Waals surface area contributed by atoms with E-state index in [0.29, 0.717) is 12.3 Å². The van der Waals surface area contributed by atoms with Crippen LogP contribution in [-0.2, 0) is 6.54 Å². The number of nitrogens with two attached hydrogens (primary N) is 1. The van der Waals surface area contributed by atoms with E-state index in [0.717, 1.165) is 61.6 Å². The largest absolute Gasteiger partial charge is 0.388 e. The van der Waals surface area contributed by atoms with E-state index in [9.17, 15) is 0 Å². The number of aromatic nitrogens is 3. The summed E-state index contributed by atoms with van der Waals surface area (Å²) in [7, 11) is 0. The van der Waals surface area contributed by atoms with Crippen molar-refractivity contribution in [3.05, 3.63) is 53.7 Å². The van der Waals surface area contributed by atoms with Gasteiger partial charge in [-0.15, -0.1) is 0 Å². The highest BCUT2D eigenvalue weighted by atomic mass is 15.3. The maximum absolute atomic E-state index is 7.28. The molecule has 5 N–H and O–H groups in total. The maximum atomic E-state index is 7.28. The molecule has 3 rings (SSSR count). The third kappa shape index (κ3) is 5.95. The van der Waals surface area contributed by atoms with Crippen molar-refractivity contribution in [3.8, 4) is 0 Å². The smallest absolute Gasteiger partial charge is 0.163 e. The summed E-state index contributed by atoms with van der Waals surface area (Å²) in [6.45, 7) is 5.92. The molecule has 0 aliphatic heterocycles. The first-order valence-electron chi connectivity index (χ1n) is 10.8. The van der Waals surface area contributed by atoms with Gasteiger partial charge in [-0.2, -0.15) is 9.61 Å². The van der Waals surface area contributed by atoms with Crippen molar-refractivity contribution in [1.29, 1.82) is 5.41 Å². The van der Waals surface area contributed by atoms with Crippen molar-refractivity contribution in [3.63, 3.8) is 0 Å². The molecule has 3 aromatic rings. The molecule has 0 unspecified atom stereocenters. The first kappa shape index (κ1) is 21.6. The number of amidine groups is 1. The average Bonchev–Trinajstić information content (AvgIpc) is 3.16. The molecular formula is C23H33N7. The predicted octanol–water partition coefficient (Wildman–Crippen LogP) is 4.76. The van der Waals surface area contributed by atoms with E-state index < -0.39 is 0 Å². The number of rotatable bonds is 12. The minimum absolute atomic E-state index is 0.280. The Morgan fingerprint density at radius 1 is 1.10 bits per heavy atom. The molecule has 2 aromatic heterocycles. The Hall–Kier alpha value is -3.09. The van der Waals surface area contributed by atoms with Crippen LogP contribution in [0.3, 0.4) is 0 Å². The Kier molecular flexibility index (Phi) is 7.65. The zero-order valence-electron chi connectivity index (χ0n) is 18.0. The van der Waals surface area contributed by atoms with Crippen molar-refractivity contribution in [2.24, 2.45) is 5.73 Å². The molecule has 7 nitrogen and oxygen atoms in total. The Balaban J connectivity index is 1.67. The fourth-order valence-electron chi connectivity index (χ4n) is 3.40. The monoisotopic (exact) mass is 407 g/mol. The number of nitrogens with one attached hydrogen (secondary N) is 3. The van der Waals surface area contributed by atoms with E-state index in [1.165, 1.54) is 5.56 Å². The average molecular weight is 408 g/mol. The molecule has 0 bridgehead atoms. The van der Waals surface area contributed by atoms with Crippen LogP contribution >= 0.6 is 0 Å². The highest BCUT2D eigenvalue weighted by Gasteiger charge is 2.14. The van der Waals surface area contributed by atoms with E-state index >= 15 is 0 Å². The van der Waals surface area contributed by atoms with Crippen molar-refractivity contribution in [2.75, 3.05) is 17.2 Å². The number of nitrogens with zero attached hydrogens (tertiary/aromatic N) is 3. The number of anilines is 2. The van der Waals surface area contributed by atoms with E-state index in [1.54, 1.807) is 0 Å². The normalized spacial score (nSPS) is 11.2. The van der Waals surface area contributed by atoms with Gasteiger partial charge in [-0.1, -0.05) is 57.0 Å². The number of fused-ring (bicyclic) bond motifs is 1. The topological polar surface area (TPSA) is 104 Å². The molecule has 0 aliphatic rings. The molecule has 2 heterocycles. The first-order valence-corrected chi connectivity index (χ1v) is 10.8. The van der Waals surface area contributed by atoms with Gasteiger partial charge in [0, 0.05) is 31.1 Å². The van der Waals surface area contributed by atoms with Gasteiger partial charge in [-0.05, 0) is 24.3 Å². The number of benzene rings is 1. The second-order valence-electron chi connectivity index (χ2n) is 7.97. The molecule has 0 radical (unpaired) electrons. The molecule has 1 aromatic carbocycles. The lowest BCUT2D eigenvalue weighted by atomic mass is 10.1. The second-order valence-corrected chi connectivity index (χ2v) is 7.97. The van der Waals surface area contributed by atoms with Gasteiger partial charge in [-0.3, -0.25) is 5.41 Å².